The van der Waals surface area contributed by atoms with Crippen molar-refractivity contribution in [3.05, 3.63) is 11.1 Å². The minimum Gasteiger partial charge on any atom is -0.380 e. The third-order valence-electron chi connectivity index (χ3n) is 2.32. The van der Waals surface area contributed by atoms with E-state index in [2.05, 4.69) is 10.3 Å². The van der Waals surface area contributed by atoms with Gasteiger partial charge < -0.3 is 15.8 Å². The van der Waals surface area contributed by atoms with Crippen LogP contribution < -0.4 is 11.1 Å². The molecule has 0 aliphatic carbocycles. The second kappa shape index (κ2) is 3.61. The van der Waals surface area contributed by atoms with Crippen molar-refractivity contribution in [2.24, 2.45) is 0 Å². The number of anilines is 1. The zero-order valence-corrected chi connectivity index (χ0v) is 8.30. The standard InChI is InChI=1S/C8H13N3OS/c1-12-5-2-6(10-3-5)7-4-13-8(9)11-7/h4-6,10H,2-3H2,1H3,(H2,9,11). The summed E-state index contributed by atoms with van der Waals surface area (Å²) >= 11 is 1.49. The van der Waals surface area contributed by atoms with Gasteiger partial charge in [0.1, 0.15) is 0 Å². The van der Waals surface area contributed by atoms with Gasteiger partial charge in [-0.15, -0.1) is 11.3 Å². The second-order valence-corrected chi connectivity index (χ2v) is 4.05. The Kier molecular flexibility index (Phi) is 2.48. The number of hydrogen-bond donors (Lipinski definition) is 2. The lowest BCUT2D eigenvalue weighted by Gasteiger charge is -2.06. The van der Waals surface area contributed by atoms with Crippen LogP contribution in [0.15, 0.2) is 5.38 Å². The molecule has 2 unspecified atom stereocenters. The number of hydrogen-bond acceptors (Lipinski definition) is 5. The van der Waals surface area contributed by atoms with E-state index in [-0.39, 0.29) is 0 Å². The summed E-state index contributed by atoms with van der Waals surface area (Å²) in [6.07, 6.45) is 1.30. The molecular weight excluding hydrogens is 186 g/mol. The molecule has 1 fully saturated rings. The Hall–Kier alpha value is -0.650. The van der Waals surface area contributed by atoms with E-state index in [9.17, 15) is 0 Å². The zero-order valence-electron chi connectivity index (χ0n) is 7.49. The number of thiazole rings is 1. The topological polar surface area (TPSA) is 60.2 Å². The van der Waals surface area contributed by atoms with Gasteiger partial charge >= 0.3 is 0 Å². The van der Waals surface area contributed by atoms with Gasteiger partial charge in [0.15, 0.2) is 5.13 Å². The van der Waals surface area contributed by atoms with E-state index >= 15 is 0 Å². The molecule has 0 saturated carbocycles. The van der Waals surface area contributed by atoms with Gasteiger partial charge in [0.05, 0.1) is 17.8 Å². The van der Waals surface area contributed by atoms with Gasteiger partial charge in [-0.2, -0.15) is 0 Å². The van der Waals surface area contributed by atoms with E-state index in [1.54, 1.807) is 7.11 Å². The van der Waals surface area contributed by atoms with Crippen molar-refractivity contribution in [2.45, 2.75) is 18.6 Å². The fourth-order valence-corrected chi connectivity index (χ4v) is 2.19. The average Bonchev–Trinajstić information content (AvgIpc) is 2.71. The molecule has 0 radical (unpaired) electrons. The molecule has 5 heteroatoms. The van der Waals surface area contributed by atoms with Crippen molar-refractivity contribution in [3.63, 3.8) is 0 Å². The van der Waals surface area contributed by atoms with Gasteiger partial charge in [-0.05, 0) is 6.42 Å². The molecule has 1 saturated heterocycles. The van der Waals surface area contributed by atoms with Gasteiger partial charge in [-0.25, -0.2) is 4.98 Å². The summed E-state index contributed by atoms with van der Waals surface area (Å²) in [4.78, 5) is 4.24. The number of nitrogen functional groups attached to an aromatic ring is 1. The Bertz CT molecular complexity index is 289. The van der Waals surface area contributed by atoms with Crippen LogP contribution in [0.2, 0.25) is 0 Å². The summed E-state index contributed by atoms with van der Waals surface area (Å²) < 4.78 is 5.25. The first-order chi connectivity index (χ1) is 6.29. The third-order valence-corrected chi connectivity index (χ3v) is 3.01. The lowest BCUT2D eigenvalue weighted by atomic mass is 10.1. The molecule has 0 bridgehead atoms. The highest BCUT2D eigenvalue weighted by molar-refractivity contribution is 7.13. The van der Waals surface area contributed by atoms with Crippen molar-refractivity contribution in [1.82, 2.24) is 10.3 Å². The molecule has 1 aliphatic heterocycles. The molecule has 1 aliphatic rings. The summed E-state index contributed by atoms with van der Waals surface area (Å²) in [6.45, 7) is 0.901. The van der Waals surface area contributed by atoms with Crippen LogP contribution in [-0.2, 0) is 4.74 Å². The van der Waals surface area contributed by atoms with Crippen LogP contribution in [0.1, 0.15) is 18.2 Å². The molecule has 2 rings (SSSR count). The van der Waals surface area contributed by atoms with Crippen LogP contribution in [-0.4, -0.2) is 24.7 Å². The van der Waals surface area contributed by atoms with E-state index in [0.29, 0.717) is 17.3 Å². The SMILES string of the molecule is COC1CNC(c2csc(N)n2)C1. The summed E-state index contributed by atoms with van der Waals surface area (Å²) in [5.74, 6) is 0. The number of ether oxygens (including phenoxy) is 1. The Morgan fingerprint density at radius 2 is 2.62 bits per heavy atom. The van der Waals surface area contributed by atoms with E-state index in [1.807, 2.05) is 5.38 Å². The molecule has 0 spiro atoms. The number of methoxy groups -OCH3 is 1. The highest BCUT2D eigenvalue weighted by Crippen LogP contribution is 2.26. The Labute approximate surface area is 81.1 Å². The summed E-state index contributed by atoms with van der Waals surface area (Å²) in [5.41, 5.74) is 6.61. The minimum atomic E-state index is 0.313. The quantitative estimate of drug-likeness (QED) is 0.738. The molecular formula is C8H13N3OS. The van der Waals surface area contributed by atoms with Crippen LogP contribution in [0.25, 0.3) is 0 Å². The summed E-state index contributed by atoms with van der Waals surface area (Å²) in [5, 5.41) is 5.99. The highest BCUT2D eigenvalue weighted by Gasteiger charge is 2.26. The van der Waals surface area contributed by atoms with Crippen molar-refractivity contribution in [1.29, 1.82) is 0 Å². The normalized spacial score (nSPS) is 28.1. The third kappa shape index (κ3) is 1.82. The number of rotatable bonds is 2. The van der Waals surface area contributed by atoms with Gasteiger partial charge in [-0.1, -0.05) is 0 Å². The molecule has 1 aromatic rings. The van der Waals surface area contributed by atoms with Crippen molar-refractivity contribution < 1.29 is 4.74 Å². The van der Waals surface area contributed by atoms with Gasteiger partial charge in [-0.3, -0.25) is 0 Å². The lowest BCUT2D eigenvalue weighted by Crippen LogP contribution is -2.16. The maximum atomic E-state index is 5.56. The molecule has 72 valence electrons. The lowest BCUT2D eigenvalue weighted by molar-refractivity contribution is 0.117. The first-order valence-electron chi connectivity index (χ1n) is 4.26. The Morgan fingerprint density at radius 3 is 3.15 bits per heavy atom. The molecule has 1 aromatic heterocycles. The molecule has 2 atom stereocenters. The van der Waals surface area contributed by atoms with Gasteiger partial charge in [0.25, 0.3) is 0 Å². The Balaban J connectivity index is 2.03. The number of aromatic nitrogens is 1. The van der Waals surface area contributed by atoms with Crippen LogP contribution in [0.5, 0.6) is 0 Å². The van der Waals surface area contributed by atoms with Crippen molar-refractivity contribution in [3.8, 4) is 0 Å². The first kappa shape index (κ1) is 8.93. The maximum absolute atomic E-state index is 5.56. The van der Waals surface area contributed by atoms with Gasteiger partial charge in [0.2, 0.25) is 0 Å². The fourth-order valence-electron chi connectivity index (χ4n) is 1.57. The number of nitrogens with two attached hydrogens (primary N) is 1. The molecule has 0 aromatic carbocycles. The molecule has 3 N–H and O–H groups in total. The molecule has 4 nitrogen and oxygen atoms in total. The van der Waals surface area contributed by atoms with E-state index in [0.717, 1.165) is 18.7 Å². The zero-order chi connectivity index (χ0) is 9.26. The van der Waals surface area contributed by atoms with Crippen LogP contribution in [0, 0.1) is 0 Å². The van der Waals surface area contributed by atoms with Crippen LogP contribution in [0.3, 0.4) is 0 Å². The summed E-state index contributed by atoms with van der Waals surface area (Å²) in [6, 6.07) is 0.318. The summed E-state index contributed by atoms with van der Waals surface area (Å²) in [7, 11) is 1.74. The predicted octanol–water partition coefficient (Wildman–Crippen LogP) is 0.775. The smallest absolute Gasteiger partial charge is 0.180 e. The average molecular weight is 199 g/mol. The largest absolute Gasteiger partial charge is 0.380 e. The van der Waals surface area contributed by atoms with E-state index in [4.69, 9.17) is 10.5 Å². The monoisotopic (exact) mass is 199 g/mol. The van der Waals surface area contributed by atoms with Crippen LogP contribution >= 0.6 is 11.3 Å². The second-order valence-electron chi connectivity index (χ2n) is 3.16. The fraction of sp³-hybridized carbons (Fsp3) is 0.625. The van der Waals surface area contributed by atoms with Crippen LogP contribution in [0.4, 0.5) is 5.13 Å². The predicted molar refractivity (Wildman–Crippen MR) is 52.7 cm³/mol. The van der Waals surface area contributed by atoms with Crippen molar-refractivity contribution >= 4 is 16.5 Å². The molecule has 13 heavy (non-hydrogen) atoms. The maximum Gasteiger partial charge on any atom is 0.180 e. The number of nitrogens with zero attached hydrogens (tertiary/aromatic N) is 1. The number of nitrogens with one attached hydrogen (secondary N) is 1. The van der Waals surface area contributed by atoms with Gasteiger partial charge in [0, 0.05) is 19.0 Å². The first-order valence-corrected chi connectivity index (χ1v) is 5.14. The molecule has 0 amide bonds. The van der Waals surface area contributed by atoms with E-state index < -0.39 is 0 Å². The Morgan fingerprint density at radius 1 is 1.77 bits per heavy atom. The van der Waals surface area contributed by atoms with E-state index in [1.165, 1.54) is 11.3 Å². The molecule has 2 heterocycles. The minimum absolute atomic E-state index is 0.313. The highest BCUT2D eigenvalue weighted by atomic mass is 32.1. The van der Waals surface area contributed by atoms with Crippen molar-refractivity contribution in [2.75, 3.05) is 19.4 Å².